The number of methoxy groups -OCH3 is 1. The molecule has 1 fully saturated rings. The van der Waals surface area contributed by atoms with Crippen LogP contribution in [0.25, 0.3) is 0 Å². The number of hydrogen-bond acceptors (Lipinski definition) is 3. The molecule has 0 aromatic rings. The molecule has 2 unspecified atom stereocenters. The Hall–Kier alpha value is -0.610. The van der Waals surface area contributed by atoms with Crippen molar-refractivity contribution >= 4 is 5.91 Å². The fraction of sp³-hybridized carbons (Fsp3) is 0.917. The van der Waals surface area contributed by atoms with Gasteiger partial charge in [-0.15, -0.1) is 0 Å². The fourth-order valence-electron chi connectivity index (χ4n) is 2.19. The lowest BCUT2D eigenvalue weighted by molar-refractivity contribution is -0.124. The SMILES string of the molecule is COCC(C)NC(=O)CN1CCCCC1C. The summed E-state index contributed by atoms with van der Waals surface area (Å²) in [6.07, 6.45) is 3.71. The van der Waals surface area contributed by atoms with Crippen LogP contribution in [-0.4, -0.2) is 49.7 Å². The normalized spacial score (nSPS) is 24.1. The first-order valence-electron chi connectivity index (χ1n) is 6.16. The first-order valence-corrected chi connectivity index (χ1v) is 6.16. The van der Waals surface area contributed by atoms with Gasteiger partial charge in [0.05, 0.1) is 13.2 Å². The summed E-state index contributed by atoms with van der Waals surface area (Å²) < 4.78 is 4.99. The first-order chi connectivity index (χ1) is 7.63. The molecule has 4 heteroatoms. The molecule has 1 amide bonds. The van der Waals surface area contributed by atoms with Crippen LogP contribution in [-0.2, 0) is 9.53 Å². The summed E-state index contributed by atoms with van der Waals surface area (Å²) in [7, 11) is 1.65. The average Bonchev–Trinajstić information content (AvgIpc) is 2.21. The van der Waals surface area contributed by atoms with Crippen molar-refractivity contribution in [3.8, 4) is 0 Å². The molecule has 94 valence electrons. The Bertz CT molecular complexity index is 221. The van der Waals surface area contributed by atoms with Crippen LogP contribution in [0.4, 0.5) is 0 Å². The van der Waals surface area contributed by atoms with Crippen LogP contribution in [0.2, 0.25) is 0 Å². The van der Waals surface area contributed by atoms with E-state index in [0.717, 1.165) is 6.54 Å². The third-order valence-corrected chi connectivity index (χ3v) is 3.11. The van der Waals surface area contributed by atoms with Crippen LogP contribution in [0.15, 0.2) is 0 Å². The molecule has 0 spiro atoms. The summed E-state index contributed by atoms with van der Waals surface area (Å²) in [4.78, 5) is 14.0. The molecule has 1 aliphatic rings. The van der Waals surface area contributed by atoms with Crippen LogP contribution in [0, 0.1) is 0 Å². The van der Waals surface area contributed by atoms with Gasteiger partial charge in [0.15, 0.2) is 0 Å². The lowest BCUT2D eigenvalue weighted by atomic mass is 10.0. The molecular formula is C12H24N2O2. The van der Waals surface area contributed by atoms with E-state index in [4.69, 9.17) is 4.74 Å². The molecular weight excluding hydrogens is 204 g/mol. The Balaban J connectivity index is 2.27. The quantitative estimate of drug-likeness (QED) is 0.763. The van der Waals surface area contributed by atoms with Crippen LogP contribution >= 0.6 is 0 Å². The van der Waals surface area contributed by atoms with E-state index in [-0.39, 0.29) is 11.9 Å². The van der Waals surface area contributed by atoms with E-state index >= 15 is 0 Å². The Kier molecular flexibility index (Phi) is 5.77. The molecule has 1 aliphatic heterocycles. The highest BCUT2D eigenvalue weighted by Gasteiger charge is 2.20. The summed E-state index contributed by atoms with van der Waals surface area (Å²) in [6.45, 7) is 6.30. The summed E-state index contributed by atoms with van der Waals surface area (Å²) in [5, 5.41) is 2.94. The van der Waals surface area contributed by atoms with Crippen LogP contribution < -0.4 is 5.32 Å². The minimum atomic E-state index is 0.0950. The fourth-order valence-corrected chi connectivity index (χ4v) is 2.19. The van der Waals surface area contributed by atoms with Gasteiger partial charge in [0, 0.05) is 19.2 Å². The standard InChI is InChI=1S/C12H24N2O2/c1-10(9-16-3)13-12(15)8-14-7-5-4-6-11(14)2/h10-11H,4-9H2,1-3H3,(H,13,15). The Morgan fingerprint density at radius 1 is 1.56 bits per heavy atom. The summed E-state index contributed by atoms with van der Waals surface area (Å²) in [5.74, 6) is 0.110. The number of carbonyl (C=O) groups excluding carboxylic acids is 1. The molecule has 0 aromatic heterocycles. The Morgan fingerprint density at radius 3 is 2.94 bits per heavy atom. The van der Waals surface area contributed by atoms with E-state index in [1.54, 1.807) is 7.11 Å². The van der Waals surface area contributed by atoms with Crippen molar-refractivity contribution in [2.24, 2.45) is 0 Å². The van der Waals surface area contributed by atoms with E-state index in [0.29, 0.717) is 19.2 Å². The topological polar surface area (TPSA) is 41.6 Å². The number of piperidine rings is 1. The lowest BCUT2D eigenvalue weighted by Crippen LogP contribution is -2.46. The maximum absolute atomic E-state index is 11.7. The molecule has 4 nitrogen and oxygen atoms in total. The van der Waals surface area contributed by atoms with Gasteiger partial charge < -0.3 is 10.1 Å². The molecule has 0 aliphatic carbocycles. The van der Waals surface area contributed by atoms with E-state index in [9.17, 15) is 4.79 Å². The monoisotopic (exact) mass is 228 g/mol. The molecule has 1 rings (SSSR count). The van der Waals surface area contributed by atoms with Crippen LogP contribution in [0.3, 0.4) is 0 Å². The molecule has 1 heterocycles. The van der Waals surface area contributed by atoms with E-state index in [2.05, 4.69) is 17.1 Å². The summed E-state index contributed by atoms with van der Waals surface area (Å²) in [5.41, 5.74) is 0. The Labute approximate surface area is 98.3 Å². The zero-order valence-corrected chi connectivity index (χ0v) is 10.7. The largest absolute Gasteiger partial charge is 0.383 e. The van der Waals surface area contributed by atoms with E-state index < -0.39 is 0 Å². The molecule has 1 saturated heterocycles. The maximum atomic E-state index is 11.7. The zero-order valence-electron chi connectivity index (χ0n) is 10.7. The van der Waals surface area contributed by atoms with Gasteiger partial charge in [-0.1, -0.05) is 6.42 Å². The first kappa shape index (κ1) is 13.5. The zero-order chi connectivity index (χ0) is 12.0. The molecule has 2 atom stereocenters. The highest BCUT2D eigenvalue weighted by atomic mass is 16.5. The molecule has 1 N–H and O–H groups in total. The number of likely N-dealkylation sites (tertiary alicyclic amines) is 1. The molecule has 0 bridgehead atoms. The third kappa shape index (κ3) is 4.49. The van der Waals surface area contributed by atoms with E-state index in [1.807, 2.05) is 6.92 Å². The van der Waals surface area contributed by atoms with Crippen molar-refractivity contribution in [3.05, 3.63) is 0 Å². The number of ether oxygens (including phenoxy) is 1. The second kappa shape index (κ2) is 6.86. The van der Waals surface area contributed by atoms with E-state index in [1.165, 1.54) is 19.3 Å². The Morgan fingerprint density at radius 2 is 2.31 bits per heavy atom. The predicted octanol–water partition coefficient (Wildman–Crippen LogP) is 1.01. The second-order valence-electron chi connectivity index (χ2n) is 4.74. The third-order valence-electron chi connectivity index (χ3n) is 3.11. The average molecular weight is 228 g/mol. The van der Waals surface area contributed by atoms with Crippen molar-refractivity contribution in [2.45, 2.75) is 45.2 Å². The number of nitrogens with one attached hydrogen (secondary N) is 1. The highest BCUT2D eigenvalue weighted by Crippen LogP contribution is 2.15. The summed E-state index contributed by atoms with van der Waals surface area (Å²) in [6, 6.07) is 0.634. The number of nitrogens with zero attached hydrogens (tertiary/aromatic N) is 1. The van der Waals surface area contributed by atoms with Gasteiger partial charge in [0.25, 0.3) is 0 Å². The van der Waals surface area contributed by atoms with Crippen molar-refractivity contribution in [1.82, 2.24) is 10.2 Å². The molecule has 0 aromatic carbocycles. The van der Waals surface area contributed by atoms with Crippen molar-refractivity contribution in [3.63, 3.8) is 0 Å². The minimum absolute atomic E-state index is 0.0950. The lowest BCUT2D eigenvalue weighted by Gasteiger charge is -2.32. The predicted molar refractivity (Wildman–Crippen MR) is 64.4 cm³/mol. The van der Waals surface area contributed by atoms with Gasteiger partial charge in [-0.2, -0.15) is 0 Å². The van der Waals surface area contributed by atoms with Gasteiger partial charge in [-0.25, -0.2) is 0 Å². The smallest absolute Gasteiger partial charge is 0.234 e. The molecule has 16 heavy (non-hydrogen) atoms. The van der Waals surface area contributed by atoms with Gasteiger partial charge in [0.1, 0.15) is 0 Å². The maximum Gasteiger partial charge on any atom is 0.234 e. The van der Waals surface area contributed by atoms with Crippen molar-refractivity contribution in [2.75, 3.05) is 26.8 Å². The van der Waals surface area contributed by atoms with Gasteiger partial charge in [-0.3, -0.25) is 9.69 Å². The van der Waals surface area contributed by atoms with Gasteiger partial charge >= 0.3 is 0 Å². The van der Waals surface area contributed by atoms with Gasteiger partial charge in [0.2, 0.25) is 5.91 Å². The van der Waals surface area contributed by atoms with Gasteiger partial charge in [-0.05, 0) is 33.2 Å². The number of carbonyl (C=O) groups is 1. The van der Waals surface area contributed by atoms with Crippen molar-refractivity contribution < 1.29 is 9.53 Å². The highest BCUT2D eigenvalue weighted by molar-refractivity contribution is 5.78. The van der Waals surface area contributed by atoms with Crippen LogP contribution in [0.1, 0.15) is 33.1 Å². The molecule has 0 saturated carbocycles. The minimum Gasteiger partial charge on any atom is -0.383 e. The second-order valence-corrected chi connectivity index (χ2v) is 4.74. The number of rotatable bonds is 5. The number of hydrogen-bond donors (Lipinski definition) is 1. The summed E-state index contributed by atoms with van der Waals surface area (Å²) >= 11 is 0. The van der Waals surface area contributed by atoms with Crippen molar-refractivity contribution in [1.29, 1.82) is 0 Å². The number of amides is 1. The van der Waals surface area contributed by atoms with Crippen LogP contribution in [0.5, 0.6) is 0 Å². The molecule has 0 radical (unpaired) electrons.